The van der Waals surface area contributed by atoms with Crippen molar-refractivity contribution >= 4 is 52.0 Å². The van der Waals surface area contributed by atoms with E-state index < -0.39 is 8.07 Å². The van der Waals surface area contributed by atoms with E-state index in [-0.39, 0.29) is 37.1 Å². The number of hydrogen-bond acceptors (Lipinski definition) is 5. The first kappa shape index (κ1) is 30.4. The number of aliphatic hydroxyl groups excluding tert-OH is 1. The number of carbonyl (C=O) groups excluding carboxylic acids is 1. The van der Waals surface area contributed by atoms with Crippen LogP contribution < -0.4 is 5.32 Å². The molecular weight excluding hydrogens is 681 g/mol. The van der Waals surface area contributed by atoms with Crippen LogP contribution in [0.1, 0.15) is 40.2 Å². The standard InChI is InChI=1S/C27H27N2OSi.C5H8O2.Ir/c1-27(2,3)22-16-18(15-17-9-7-8-10-19(17)22)24-25-20(13-14-28-24)21-11-12-23(31(4,5)6)29-26(21)30-25;1-4(6)3-5(2)7;/h7-14,16H,1-6H3;3,6H,1-2H3;/q-1;;/b;4-3-;. The van der Waals surface area contributed by atoms with E-state index in [9.17, 15) is 4.79 Å². The van der Waals surface area contributed by atoms with E-state index in [4.69, 9.17) is 19.5 Å². The van der Waals surface area contributed by atoms with Crippen LogP contribution in [0.4, 0.5) is 0 Å². The quantitative estimate of drug-likeness (QED) is 0.0891. The molecule has 0 aliphatic rings. The number of carbonyl (C=O) groups is 1. The number of hydrogen-bond donors (Lipinski definition) is 1. The maximum Gasteiger partial charge on any atom is 0.226 e. The Morgan fingerprint density at radius 1 is 1.00 bits per heavy atom. The summed E-state index contributed by atoms with van der Waals surface area (Å²) < 4.78 is 6.34. The van der Waals surface area contributed by atoms with Crippen molar-refractivity contribution in [3.05, 3.63) is 78.2 Å². The molecule has 39 heavy (non-hydrogen) atoms. The van der Waals surface area contributed by atoms with Crippen molar-refractivity contribution < 1.29 is 34.4 Å². The Balaban J connectivity index is 0.000000468. The topological polar surface area (TPSA) is 76.2 Å². The molecule has 1 N–H and O–H groups in total. The number of aromatic nitrogens is 2. The predicted molar refractivity (Wildman–Crippen MR) is 160 cm³/mol. The van der Waals surface area contributed by atoms with Gasteiger partial charge in [0.15, 0.2) is 5.78 Å². The van der Waals surface area contributed by atoms with Gasteiger partial charge in [-0.15, -0.1) is 29.1 Å². The van der Waals surface area contributed by atoms with Crippen LogP contribution in [0.2, 0.25) is 19.6 Å². The molecule has 0 spiro atoms. The van der Waals surface area contributed by atoms with Gasteiger partial charge < -0.3 is 9.52 Å². The zero-order chi connectivity index (χ0) is 27.8. The van der Waals surface area contributed by atoms with E-state index in [0.29, 0.717) is 5.71 Å². The van der Waals surface area contributed by atoms with Crippen molar-refractivity contribution in [1.29, 1.82) is 0 Å². The molecule has 0 saturated heterocycles. The summed E-state index contributed by atoms with van der Waals surface area (Å²) >= 11 is 0. The molecule has 0 fully saturated rings. The van der Waals surface area contributed by atoms with Gasteiger partial charge in [-0.25, -0.2) is 4.98 Å². The first-order valence-electron chi connectivity index (χ1n) is 12.8. The number of ketones is 1. The Labute approximate surface area is 244 Å². The number of furan rings is 1. The number of aliphatic hydroxyl groups is 1. The van der Waals surface area contributed by atoms with E-state index in [0.717, 1.165) is 38.3 Å². The van der Waals surface area contributed by atoms with Crippen LogP contribution in [0.25, 0.3) is 44.1 Å². The fourth-order valence-electron chi connectivity index (χ4n) is 4.47. The Hall–Kier alpha value is -3.12. The van der Waals surface area contributed by atoms with E-state index in [2.05, 4.69) is 88.9 Å². The summed E-state index contributed by atoms with van der Waals surface area (Å²) in [4.78, 5) is 19.6. The van der Waals surface area contributed by atoms with Crippen molar-refractivity contribution in [3.63, 3.8) is 0 Å². The summed E-state index contributed by atoms with van der Waals surface area (Å²) in [5.74, 6) is -0.0625. The van der Waals surface area contributed by atoms with Gasteiger partial charge in [0.25, 0.3) is 0 Å². The first-order chi connectivity index (χ1) is 17.8. The fraction of sp³-hybridized carbons (Fsp3) is 0.281. The van der Waals surface area contributed by atoms with Gasteiger partial charge in [-0.3, -0.25) is 9.78 Å². The smallest absolute Gasteiger partial charge is 0.226 e. The second kappa shape index (κ2) is 11.5. The maximum absolute atomic E-state index is 10.0. The van der Waals surface area contributed by atoms with Crippen LogP contribution in [0.3, 0.4) is 0 Å². The minimum absolute atomic E-state index is 0. The van der Waals surface area contributed by atoms with Crippen molar-refractivity contribution in [3.8, 4) is 11.3 Å². The minimum atomic E-state index is -1.53. The van der Waals surface area contributed by atoms with Crippen LogP contribution in [-0.2, 0) is 30.3 Å². The molecule has 205 valence electrons. The molecule has 0 unspecified atom stereocenters. The molecule has 7 heteroatoms. The maximum atomic E-state index is 10.0. The average Bonchev–Trinajstić information content (AvgIpc) is 3.20. The first-order valence-corrected chi connectivity index (χ1v) is 16.3. The van der Waals surface area contributed by atoms with Gasteiger partial charge in [0.1, 0.15) is 13.7 Å². The van der Waals surface area contributed by atoms with Crippen LogP contribution in [0.5, 0.6) is 0 Å². The van der Waals surface area contributed by atoms with Crippen molar-refractivity contribution in [2.75, 3.05) is 0 Å². The van der Waals surface area contributed by atoms with Crippen LogP contribution in [0, 0.1) is 6.07 Å². The zero-order valence-electron chi connectivity index (χ0n) is 23.8. The summed E-state index contributed by atoms with van der Waals surface area (Å²) in [6.07, 6.45) is 3.03. The Kier molecular flexibility index (Phi) is 9.01. The van der Waals surface area contributed by atoms with E-state index >= 15 is 0 Å². The predicted octanol–water partition coefficient (Wildman–Crippen LogP) is 7.87. The molecule has 1 radical (unpaired) electrons. The third kappa shape index (κ3) is 6.72. The monoisotopic (exact) mass is 716 g/mol. The average molecular weight is 716 g/mol. The molecule has 3 heterocycles. The Bertz CT molecular complexity index is 1690. The second-order valence-electron chi connectivity index (χ2n) is 11.7. The van der Waals surface area contributed by atoms with Gasteiger partial charge in [0.2, 0.25) is 5.71 Å². The Morgan fingerprint density at radius 2 is 1.69 bits per heavy atom. The molecule has 0 atom stereocenters. The van der Waals surface area contributed by atoms with Gasteiger partial charge in [-0.05, 0) is 37.5 Å². The van der Waals surface area contributed by atoms with Gasteiger partial charge in [-0.2, -0.15) is 0 Å². The molecule has 0 bridgehead atoms. The van der Waals surface area contributed by atoms with Gasteiger partial charge in [0.05, 0.1) is 5.76 Å². The third-order valence-electron chi connectivity index (χ3n) is 6.27. The van der Waals surface area contributed by atoms with Crippen LogP contribution >= 0.6 is 0 Å². The normalized spacial score (nSPS) is 12.3. The summed E-state index contributed by atoms with van der Waals surface area (Å²) in [6.45, 7) is 16.5. The largest absolute Gasteiger partial charge is 0.512 e. The Morgan fingerprint density at radius 3 is 2.28 bits per heavy atom. The molecule has 0 saturated carbocycles. The summed E-state index contributed by atoms with van der Waals surface area (Å²) in [7, 11) is -1.53. The number of rotatable bonds is 3. The summed E-state index contributed by atoms with van der Waals surface area (Å²) in [5, 5.41) is 13.9. The number of fused-ring (bicyclic) bond motifs is 4. The zero-order valence-corrected chi connectivity index (χ0v) is 27.2. The molecule has 0 amide bonds. The SMILES string of the molecule is CC(=O)/C=C(/C)O.CC(C)(C)c1cc(-c2nccc3c2oc2nc([Si](C)(C)C)ccc23)[c-]c2ccccc12.[Ir]. The second-order valence-corrected chi connectivity index (χ2v) is 16.7. The van der Waals surface area contributed by atoms with E-state index in [1.165, 1.54) is 30.9 Å². The molecule has 3 aromatic heterocycles. The molecule has 2 aromatic carbocycles. The van der Waals surface area contributed by atoms with Crippen LogP contribution in [-0.4, -0.2) is 28.9 Å². The third-order valence-corrected chi connectivity index (χ3v) is 8.09. The summed E-state index contributed by atoms with van der Waals surface area (Å²) in [6, 6.07) is 20.6. The fourth-order valence-corrected chi connectivity index (χ4v) is 5.49. The van der Waals surface area contributed by atoms with Crippen molar-refractivity contribution in [2.45, 2.75) is 59.7 Å². The molecular formula is C32H35IrN2O3Si-. The van der Waals surface area contributed by atoms with Crippen LogP contribution in [0.15, 0.2) is 71.0 Å². The molecule has 5 rings (SSSR count). The van der Waals surface area contributed by atoms with Gasteiger partial charge >= 0.3 is 0 Å². The minimum Gasteiger partial charge on any atom is -0.512 e. The molecule has 5 aromatic rings. The summed E-state index contributed by atoms with van der Waals surface area (Å²) in [5.41, 5.74) is 4.54. The van der Waals surface area contributed by atoms with Gasteiger partial charge in [0, 0.05) is 54.2 Å². The number of nitrogens with zero attached hydrogens (tertiary/aromatic N) is 2. The van der Waals surface area contributed by atoms with Crippen molar-refractivity contribution in [1.82, 2.24) is 9.97 Å². The molecule has 0 aliphatic heterocycles. The van der Waals surface area contributed by atoms with Gasteiger partial charge in [-0.1, -0.05) is 69.6 Å². The molecule has 0 aliphatic carbocycles. The number of pyridine rings is 2. The number of allylic oxidation sites excluding steroid dienone is 2. The molecule has 5 nitrogen and oxygen atoms in total. The van der Waals surface area contributed by atoms with E-state index in [1.807, 2.05) is 12.3 Å². The van der Waals surface area contributed by atoms with E-state index in [1.54, 1.807) is 0 Å². The van der Waals surface area contributed by atoms with Crippen molar-refractivity contribution in [2.24, 2.45) is 0 Å². The number of benzene rings is 2.